The van der Waals surface area contributed by atoms with Gasteiger partial charge in [0, 0.05) is 10.7 Å². The SMILES string of the molecule is CC(N=Cc1cnc2c(Nc3cccc(-c4ccccc4)c3Br)nsc2n1)C(=O)O. The number of aromatic nitrogens is 3. The van der Waals surface area contributed by atoms with Crippen LogP contribution in [0, 0.1) is 0 Å². The summed E-state index contributed by atoms with van der Waals surface area (Å²) in [7, 11) is 0. The molecule has 4 rings (SSSR count). The van der Waals surface area contributed by atoms with Gasteiger partial charge in [-0.25, -0.2) is 14.8 Å². The van der Waals surface area contributed by atoms with E-state index in [9.17, 15) is 4.79 Å². The second kappa shape index (κ2) is 8.68. The smallest absolute Gasteiger partial charge is 0.328 e. The zero-order valence-electron chi connectivity index (χ0n) is 15.8. The van der Waals surface area contributed by atoms with Crippen LogP contribution in [0.2, 0.25) is 0 Å². The molecule has 0 spiro atoms. The first-order valence-electron chi connectivity index (χ1n) is 9.02. The number of hydrogen-bond donors (Lipinski definition) is 2. The van der Waals surface area contributed by atoms with Crippen molar-refractivity contribution in [3.05, 3.63) is 64.9 Å². The predicted molar refractivity (Wildman–Crippen MR) is 123 cm³/mol. The zero-order chi connectivity index (χ0) is 21.1. The van der Waals surface area contributed by atoms with Crippen LogP contribution < -0.4 is 5.32 Å². The third-order valence-corrected chi connectivity index (χ3v) is 5.92. The fourth-order valence-corrected chi connectivity index (χ4v) is 4.02. The van der Waals surface area contributed by atoms with E-state index in [1.165, 1.54) is 24.7 Å². The average molecular weight is 482 g/mol. The number of nitrogens with one attached hydrogen (secondary N) is 1. The molecule has 0 amide bonds. The maximum atomic E-state index is 10.9. The molecule has 30 heavy (non-hydrogen) atoms. The number of aliphatic carboxylic acids is 1. The van der Waals surface area contributed by atoms with E-state index in [4.69, 9.17) is 5.11 Å². The predicted octanol–water partition coefficient (Wildman–Crippen LogP) is 5.15. The van der Waals surface area contributed by atoms with Gasteiger partial charge in [-0.05, 0) is 51.6 Å². The van der Waals surface area contributed by atoms with E-state index in [1.807, 2.05) is 36.4 Å². The average Bonchev–Trinajstić information content (AvgIpc) is 3.16. The van der Waals surface area contributed by atoms with Crippen molar-refractivity contribution < 1.29 is 9.90 Å². The van der Waals surface area contributed by atoms with Crippen molar-refractivity contribution in [3.63, 3.8) is 0 Å². The van der Waals surface area contributed by atoms with Gasteiger partial charge in [0.05, 0.1) is 11.9 Å². The highest BCUT2D eigenvalue weighted by Crippen LogP contribution is 2.36. The number of benzene rings is 2. The van der Waals surface area contributed by atoms with E-state index < -0.39 is 12.0 Å². The minimum absolute atomic E-state index is 0.484. The summed E-state index contributed by atoms with van der Waals surface area (Å²) >= 11 is 4.91. The number of carboxylic acid groups (broad SMARTS) is 1. The van der Waals surface area contributed by atoms with Crippen LogP contribution in [0.4, 0.5) is 11.5 Å². The Labute approximate surface area is 184 Å². The first kappa shape index (κ1) is 20.1. The second-order valence-corrected chi connectivity index (χ2v) is 7.98. The van der Waals surface area contributed by atoms with Crippen LogP contribution in [0.25, 0.3) is 21.5 Å². The third kappa shape index (κ3) is 4.22. The lowest BCUT2D eigenvalue weighted by Crippen LogP contribution is -2.13. The molecule has 0 aliphatic carbocycles. The molecule has 0 fully saturated rings. The monoisotopic (exact) mass is 481 g/mol. The van der Waals surface area contributed by atoms with Crippen molar-refractivity contribution >= 4 is 61.5 Å². The van der Waals surface area contributed by atoms with Crippen molar-refractivity contribution in [2.24, 2.45) is 4.99 Å². The molecular weight excluding hydrogens is 466 g/mol. The van der Waals surface area contributed by atoms with Gasteiger partial charge >= 0.3 is 5.97 Å². The van der Waals surface area contributed by atoms with Crippen LogP contribution in [0.5, 0.6) is 0 Å². The van der Waals surface area contributed by atoms with Gasteiger partial charge in [-0.1, -0.05) is 42.5 Å². The van der Waals surface area contributed by atoms with E-state index >= 15 is 0 Å². The molecule has 7 nitrogen and oxygen atoms in total. The molecule has 1 atom stereocenters. The number of anilines is 2. The fraction of sp³-hybridized carbons (Fsp3) is 0.0952. The first-order chi connectivity index (χ1) is 14.5. The quantitative estimate of drug-likeness (QED) is 0.369. The van der Waals surface area contributed by atoms with Gasteiger partial charge in [-0.2, -0.15) is 4.37 Å². The van der Waals surface area contributed by atoms with Crippen LogP contribution in [0.1, 0.15) is 12.6 Å². The Balaban J connectivity index is 1.62. The number of hydrogen-bond acceptors (Lipinski definition) is 7. The molecule has 150 valence electrons. The highest BCUT2D eigenvalue weighted by atomic mass is 79.9. The molecule has 0 aliphatic heterocycles. The van der Waals surface area contributed by atoms with E-state index in [0.29, 0.717) is 21.9 Å². The summed E-state index contributed by atoms with van der Waals surface area (Å²) in [6.45, 7) is 1.50. The number of halogens is 1. The minimum atomic E-state index is -0.993. The molecule has 1 unspecified atom stereocenters. The second-order valence-electron chi connectivity index (χ2n) is 6.43. The van der Waals surface area contributed by atoms with Gasteiger partial charge in [0.15, 0.2) is 10.6 Å². The van der Waals surface area contributed by atoms with Gasteiger partial charge in [-0.3, -0.25) is 4.99 Å². The van der Waals surface area contributed by atoms with Gasteiger partial charge in [0.2, 0.25) is 0 Å². The molecule has 2 aromatic carbocycles. The van der Waals surface area contributed by atoms with Gasteiger partial charge in [0.25, 0.3) is 0 Å². The molecule has 2 heterocycles. The molecule has 0 saturated heterocycles. The normalized spacial score (nSPS) is 12.3. The molecule has 2 aromatic heterocycles. The Kier molecular flexibility index (Phi) is 5.82. The molecule has 0 radical (unpaired) electrons. The summed E-state index contributed by atoms with van der Waals surface area (Å²) in [5.41, 5.74) is 4.16. The van der Waals surface area contributed by atoms with Crippen LogP contribution in [0.3, 0.4) is 0 Å². The molecule has 9 heteroatoms. The number of carbonyl (C=O) groups is 1. The standard InChI is InChI=1S/C21H16BrN5O2S/c1-12(21(28)29)23-10-14-11-24-18-19(27-30-20(18)25-14)26-16-9-5-8-15(17(16)22)13-6-3-2-4-7-13/h2-12H,1H3,(H,26,27)(H,28,29). The van der Waals surface area contributed by atoms with E-state index in [1.54, 1.807) is 6.20 Å². The molecule has 0 bridgehead atoms. The van der Waals surface area contributed by atoms with Crippen LogP contribution >= 0.6 is 27.5 Å². The lowest BCUT2D eigenvalue weighted by molar-refractivity contribution is -0.137. The van der Waals surface area contributed by atoms with Crippen molar-refractivity contribution in [3.8, 4) is 11.1 Å². The van der Waals surface area contributed by atoms with E-state index in [-0.39, 0.29) is 0 Å². The van der Waals surface area contributed by atoms with Gasteiger partial charge in [-0.15, -0.1) is 0 Å². The largest absolute Gasteiger partial charge is 0.480 e. The summed E-state index contributed by atoms with van der Waals surface area (Å²) in [5, 5.41) is 12.2. The number of nitrogens with zero attached hydrogens (tertiary/aromatic N) is 4. The minimum Gasteiger partial charge on any atom is -0.480 e. The Bertz CT molecular complexity index is 1240. The molecule has 2 N–H and O–H groups in total. The molecular formula is C21H16BrN5O2S. The maximum absolute atomic E-state index is 10.9. The van der Waals surface area contributed by atoms with Gasteiger partial charge < -0.3 is 10.4 Å². The molecule has 4 aromatic rings. The summed E-state index contributed by atoms with van der Waals surface area (Å²) in [6, 6.07) is 15.3. The van der Waals surface area contributed by atoms with Crippen LogP contribution in [0.15, 0.2) is 64.2 Å². The van der Waals surface area contributed by atoms with E-state index in [2.05, 4.69) is 52.7 Å². The number of fused-ring (bicyclic) bond motifs is 1. The highest BCUT2D eigenvalue weighted by Gasteiger charge is 2.14. The van der Waals surface area contributed by atoms with Crippen LogP contribution in [-0.4, -0.2) is 37.7 Å². The Morgan fingerprint density at radius 2 is 2.03 bits per heavy atom. The maximum Gasteiger partial charge on any atom is 0.328 e. The van der Waals surface area contributed by atoms with Gasteiger partial charge in [0.1, 0.15) is 17.3 Å². The van der Waals surface area contributed by atoms with Crippen molar-refractivity contribution in [2.45, 2.75) is 13.0 Å². The van der Waals surface area contributed by atoms with E-state index in [0.717, 1.165) is 21.3 Å². The topological polar surface area (TPSA) is 100 Å². The van der Waals surface area contributed by atoms with Crippen LogP contribution in [-0.2, 0) is 4.79 Å². The van der Waals surface area contributed by atoms with Crippen molar-refractivity contribution in [1.82, 2.24) is 14.3 Å². The Morgan fingerprint density at radius 3 is 2.80 bits per heavy atom. The molecule has 0 saturated carbocycles. The zero-order valence-corrected chi connectivity index (χ0v) is 18.2. The molecule has 0 aliphatic rings. The number of aliphatic imine (C=N–C) groups is 1. The lowest BCUT2D eigenvalue weighted by atomic mass is 10.1. The highest BCUT2D eigenvalue weighted by molar-refractivity contribution is 9.10. The lowest BCUT2D eigenvalue weighted by Gasteiger charge is -2.11. The Morgan fingerprint density at radius 1 is 1.23 bits per heavy atom. The first-order valence-corrected chi connectivity index (χ1v) is 10.6. The summed E-state index contributed by atoms with van der Waals surface area (Å²) in [4.78, 5) is 24.4. The Hall–Kier alpha value is -3.17. The van der Waals surface area contributed by atoms with Crippen molar-refractivity contribution in [1.29, 1.82) is 0 Å². The van der Waals surface area contributed by atoms with Crippen molar-refractivity contribution in [2.75, 3.05) is 5.32 Å². The third-order valence-electron chi connectivity index (χ3n) is 4.33. The summed E-state index contributed by atoms with van der Waals surface area (Å²) in [5.74, 6) is -0.385. The summed E-state index contributed by atoms with van der Waals surface area (Å²) < 4.78 is 5.37. The number of carboxylic acids is 1. The number of rotatable bonds is 6. The fourth-order valence-electron chi connectivity index (χ4n) is 2.74. The summed E-state index contributed by atoms with van der Waals surface area (Å²) in [6.07, 6.45) is 2.97.